The molecule has 0 saturated carbocycles. The third-order valence-electron chi connectivity index (χ3n) is 2.59. The van der Waals surface area contributed by atoms with Crippen molar-refractivity contribution in [3.63, 3.8) is 0 Å². The van der Waals surface area contributed by atoms with Crippen LogP contribution in [0.4, 0.5) is 0 Å². The van der Waals surface area contributed by atoms with E-state index in [9.17, 15) is 4.79 Å². The summed E-state index contributed by atoms with van der Waals surface area (Å²) in [4.78, 5) is 11.4. The van der Waals surface area contributed by atoms with E-state index in [1.54, 1.807) is 0 Å². The van der Waals surface area contributed by atoms with Gasteiger partial charge in [0.1, 0.15) is 0 Å². The summed E-state index contributed by atoms with van der Waals surface area (Å²) >= 11 is 0. The van der Waals surface area contributed by atoms with E-state index in [2.05, 4.69) is 31.4 Å². The molecular weight excluding hydrogens is 188 g/mol. The third-order valence-corrected chi connectivity index (χ3v) is 2.59. The number of hydrogen-bond donors (Lipinski definition) is 2. The Bertz CT molecular complexity index is 171. The van der Waals surface area contributed by atoms with Crippen LogP contribution in [0.2, 0.25) is 0 Å². The van der Waals surface area contributed by atoms with Crippen molar-refractivity contribution in [2.24, 2.45) is 0 Å². The highest BCUT2D eigenvalue weighted by Gasteiger charge is 2.05. The molecule has 0 saturated heterocycles. The molecule has 0 spiro atoms. The number of amides is 1. The van der Waals surface area contributed by atoms with E-state index in [-0.39, 0.29) is 5.91 Å². The van der Waals surface area contributed by atoms with Gasteiger partial charge in [0, 0.05) is 25.0 Å². The van der Waals surface area contributed by atoms with E-state index in [0.717, 1.165) is 13.0 Å². The SMILES string of the molecule is CCCC(C)NCCC(=O)NC(C)CC. The number of nitrogens with one attached hydrogen (secondary N) is 2. The third kappa shape index (κ3) is 8.43. The molecule has 3 nitrogen and oxygen atoms in total. The summed E-state index contributed by atoms with van der Waals surface area (Å²) in [7, 11) is 0. The van der Waals surface area contributed by atoms with Crippen molar-refractivity contribution in [1.82, 2.24) is 10.6 Å². The standard InChI is InChI=1S/C12H26N2O/c1-5-7-11(4)13-9-8-12(15)14-10(3)6-2/h10-11,13H,5-9H2,1-4H3,(H,14,15). The fourth-order valence-electron chi connectivity index (χ4n) is 1.42. The minimum atomic E-state index is 0.153. The lowest BCUT2D eigenvalue weighted by molar-refractivity contribution is -0.121. The first-order valence-electron chi connectivity index (χ1n) is 6.12. The first kappa shape index (κ1) is 14.4. The molecule has 0 aliphatic heterocycles. The average molecular weight is 214 g/mol. The molecule has 90 valence electrons. The van der Waals surface area contributed by atoms with Crippen LogP contribution in [0.5, 0.6) is 0 Å². The van der Waals surface area contributed by atoms with E-state index in [0.29, 0.717) is 18.5 Å². The van der Waals surface area contributed by atoms with Gasteiger partial charge in [-0.1, -0.05) is 20.3 Å². The van der Waals surface area contributed by atoms with Crippen LogP contribution in [0.3, 0.4) is 0 Å². The summed E-state index contributed by atoms with van der Waals surface area (Å²) in [5, 5.41) is 6.30. The quantitative estimate of drug-likeness (QED) is 0.649. The van der Waals surface area contributed by atoms with E-state index in [4.69, 9.17) is 0 Å². The van der Waals surface area contributed by atoms with Crippen LogP contribution in [0.25, 0.3) is 0 Å². The second-order valence-electron chi connectivity index (χ2n) is 4.27. The fourth-order valence-corrected chi connectivity index (χ4v) is 1.42. The molecule has 0 bridgehead atoms. The van der Waals surface area contributed by atoms with Gasteiger partial charge in [0.25, 0.3) is 0 Å². The van der Waals surface area contributed by atoms with Gasteiger partial charge >= 0.3 is 0 Å². The summed E-state index contributed by atoms with van der Waals surface area (Å²) in [6.07, 6.45) is 3.93. The first-order chi connectivity index (χ1) is 7.10. The van der Waals surface area contributed by atoms with Crippen molar-refractivity contribution in [1.29, 1.82) is 0 Å². The molecular formula is C12H26N2O. The maximum absolute atomic E-state index is 11.4. The molecule has 0 aliphatic carbocycles. The molecule has 3 heteroatoms. The van der Waals surface area contributed by atoms with Crippen LogP contribution in [-0.4, -0.2) is 24.5 Å². The van der Waals surface area contributed by atoms with Crippen molar-refractivity contribution in [3.05, 3.63) is 0 Å². The molecule has 2 N–H and O–H groups in total. The van der Waals surface area contributed by atoms with Gasteiger partial charge in [0.05, 0.1) is 0 Å². The largest absolute Gasteiger partial charge is 0.354 e. The molecule has 0 aromatic carbocycles. The van der Waals surface area contributed by atoms with Crippen molar-refractivity contribution >= 4 is 5.91 Å². The first-order valence-corrected chi connectivity index (χ1v) is 6.12. The average Bonchev–Trinajstić information content (AvgIpc) is 2.18. The summed E-state index contributed by atoms with van der Waals surface area (Å²) in [5.74, 6) is 0.153. The molecule has 0 rings (SSSR count). The number of carbonyl (C=O) groups excluding carboxylic acids is 1. The zero-order valence-electron chi connectivity index (χ0n) is 10.6. The van der Waals surface area contributed by atoms with E-state index < -0.39 is 0 Å². The zero-order chi connectivity index (χ0) is 11.7. The Kier molecular flexibility index (Phi) is 8.38. The van der Waals surface area contributed by atoms with Crippen molar-refractivity contribution in [2.75, 3.05) is 6.54 Å². The van der Waals surface area contributed by atoms with Gasteiger partial charge in [0.15, 0.2) is 0 Å². The maximum atomic E-state index is 11.4. The maximum Gasteiger partial charge on any atom is 0.221 e. The molecule has 0 aromatic heterocycles. The predicted octanol–water partition coefficient (Wildman–Crippen LogP) is 2.07. The molecule has 15 heavy (non-hydrogen) atoms. The Hall–Kier alpha value is -0.570. The molecule has 0 aliphatic rings. The van der Waals surface area contributed by atoms with E-state index in [1.807, 2.05) is 6.92 Å². The highest BCUT2D eigenvalue weighted by atomic mass is 16.1. The van der Waals surface area contributed by atoms with Crippen LogP contribution in [0.1, 0.15) is 53.4 Å². The van der Waals surface area contributed by atoms with Crippen molar-refractivity contribution in [3.8, 4) is 0 Å². The Morgan fingerprint density at radius 2 is 1.87 bits per heavy atom. The van der Waals surface area contributed by atoms with Crippen molar-refractivity contribution in [2.45, 2.75) is 65.5 Å². The van der Waals surface area contributed by atoms with Crippen LogP contribution in [-0.2, 0) is 4.79 Å². The molecule has 0 fully saturated rings. The Balaban J connectivity index is 3.46. The van der Waals surface area contributed by atoms with Gasteiger partial charge in [-0.15, -0.1) is 0 Å². The van der Waals surface area contributed by atoms with Gasteiger partial charge in [-0.25, -0.2) is 0 Å². The van der Waals surface area contributed by atoms with Gasteiger partial charge in [-0.05, 0) is 26.7 Å². The highest BCUT2D eigenvalue weighted by molar-refractivity contribution is 5.76. The number of rotatable bonds is 8. The molecule has 0 heterocycles. The molecule has 0 aromatic rings. The second kappa shape index (κ2) is 8.72. The molecule has 2 atom stereocenters. The minimum Gasteiger partial charge on any atom is -0.354 e. The topological polar surface area (TPSA) is 41.1 Å². The fraction of sp³-hybridized carbons (Fsp3) is 0.917. The lowest BCUT2D eigenvalue weighted by Gasteiger charge is -2.14. The predicted molar refractivity (Wildman–Crippen MR) is 64.9 cm³/mol. The van der Waals surface area contributed by atoms with Crippen molar-refractivity contribution < 1.29 is 4.79 Å². The summed E-state index contributed by atoms with van der Waals surface area (Å²) in [5.41, 5.74) is 0. The van der Waals surface area contributed by atoms with Crippen LogP contribution in [0, 0.1) is 0 Å². The molecule has 2 unspecified atom stereocenters. The lowest BCUT2D eigenvalue weighted by Crippen LogP contribution is -2.35. The van der Waals surface area contributed by atoms with Crippen LogP contribution in [0.15, 0.2) is 0 Å². The zero-order valence-corrected chi connectivity index (χ0v) is 10.6. The summed E-state index contributed by atoms with van der Waals surface area (Å²) < 4.78 is 0. The summed E-state index contributed by atoms with van der Waals surface area (Å²) in [6, 6.07) is 0.817. The van der Waals surface area contributed by atoms with Gasteiger partial charge < -0.3 is 10.6 Å². The second-order valence-corrected chi connectivity index (χ2v) is 4.27. The molecule has 0 radical (unpaired) electrons. The molecule has 1 amide bonds. The van der Waals surface area contributed by atoms with E-state index >= 15 is 0 Å². The Morgan fingerprint density at radius 1 is 1.20 bits per heavy atom. The summed E-state index contributed by atoms with van der Waals surface area (Å²) in [6.45, 7) is 9.23. The smallest absolute Gasteiger partial charge is 0.221 e. The van der Waals surface area contributed by atoms with Gasteiger partial charge in [0.2, 0.25) is 5.91 Å². The number of carbonyl (C=O) groups is 1. The van der Waals surface area contributed by atoms with Crippen LogP contribution >= 0.6 is 0 Å². The van der Waals surface area contributed by atoms with Gasteiger partial charge in [-0.3, -0.25) is 4.79 Å². The Labute approximate surface area is 94.0 Å². The highest BCUT2D eigenvalue weighted by Crippen LogP contribution is 1.95. The normalized spacial score (nSPS) is 14.7. The number of hydrogen-bond acceptors (Lipinski definition) is 2. The van der Waals surface area contributed by atoms with E-state index in [1.165, 1.54) is 12.8 Å². The monoisotopic (exact) mass is 214 g/mol. The lowest BCUT2D eigenvalue weighted by atomic mass is 10.2. The van der Waals surface area contributed by atoms with Gasteiger partial charge in [-0.2, -0.15) is 0 Å². The van der Waals surface area contributed by atoms with Crippen LogP contribution < -0.4 is 10.6 Å². The minimum absolute atomic E-state index is 0.153. The Morgan fingerprint density at radius 3 is 2.40 bits per heavy atom.